The highest BCUT2D eigenvalue weighted by Crippen LogP contribution is 2.27. The number of sulfonamides is 2. The number of hydrogen-bond donors (Lipinski definition) is 2. The molecule has 2 aromatic carbocycles. The first-order valence-corrected chi connectivity index (χ1v) is 11.9. The highest BCUT2D eigenvalue weighted by atomic mass is 32.2. The van der Waals surface area contributed by atoms with E-state index in [1.54, 1.807) is 0 Å². The summed E-state index contributed by atoms with van der Waals surface area (Å²) in [6.45, 7) is -0.480. The van der Waals surface area contributed by atoms with Gasteiger partial charge >= 0.3 is 6.18 Å². The van der Waals surface area contributed by atoms with Crippen LogP contribution in [-0.4, -0.2) is 47.0 Å². The van der Waals surface area contributed by atoms with E-state index in [1.165, 1.54) is 40.7 Å². The largest absolute Gasteiger partial charge is 0.405 e. The van der Waals surface area contributed by atoms with Crippen molar-refractivity contribution in [1.82, 2.24) is 4.31 Å². The lowest BCUT2D eigenvalue weighted by atomic mass is 10.3. The summed E-state index contributed by atoms with van der Waals surface area (Å²) in [5.41, 5.74) is -0.0952. The van der Waals surface area contributed by atoms with Gasteiger partial charge in [0.2, 0.25) is 10.0 Å². The Hall–Kier alpha value is -2.31. The van der Waals surface area contributed by atoms with Gasteiger partial charge in [-0.3, -0.25) is 4.72 Å². The molecule has 3 rings (SSSR count). The van der Waals surface area contributed by atoms with E-state index in [-0.39, 0.29) is 21.2 Å². The molecule has 0 aromatic heterocycles. The number of halogens is 3. The quantitative estimate of drug-likeness (QED) is 0.657. The van der Waals surface area contributed by atoms with Gasteiger partial charge in [0, 0.05) is 13.1 Å². The van der Waals surface area contributed by atoms with Crippen molar-refractivity contribution < 1.29 is 30.0 Å². The number of para-hydroxylation sites is 2. The van der Waals surface area contributed by atoms with Gasteiger partial charge in [-0.25, -0.2) is 16.8 Å². The molecule has 1 saturated heterocycles. The lowest BCUT2D eigenvalue weighted by molar-refractivity contribution is -0.115. The van der Waals surface area contributed by atoms with Crippen LogP contribution >= 0.6 is 0 Å². The molecule has 7 nitrogen and oxygen atoms in total. The maximum absolute atomic E-state index is 12.7. The summed E-state index contributed by atoms with van der Waals surface area (Å²) in [7, 11) is -7.84. The Bertz CT molecular complexity index is 1100. The molecule has 30 heavy (non-hydrogen) atoms. The Balaban J connectivity index is 1.80. The van der Waals surface area contributed by atoms with E-state index in [9.17, 15) is 30.0 Å². The van der Waals surface area contributed by atoms with Crippen molar-refractivity contribution in [2.45, 2.75) is 28.8 Å². The molecule has 0 aliphatic carbocycles. The van der Waals surface area contributed by atoms with Crippen molar-refractivity contribution >= 4 is 31.4 Å². The monoisotopic (exact) mass is 463 g/mol. The topological polar surface area (TPSA) is 95.6 Å². The smallest absolute Gasteiger partial charge is 0.375 e. The van der Waals surface area contributed by atoms with Crippen molar-refractivity contribution in [2.75, 3.05) is 29.7 Å². The molecule has 12 heteroatoms. The van der Waals surface area contributed by atoms with E-state index < -0.39 is 32.8 Å². The summed E-state index contributed by atoms with van der Waals surface area (Å²) in [6, 6.07) is 10.3. The van der Waals surface area contributed by atoms with Crippen molar-refractivity contribution in [2.24, 2.45) is 0 Å². The van der Waals surface area contributed by atoms with Crippen LogP contribution in [0.4, 0.5) is 24.5 Å². The van der Waals surface area contributed by atoms with E-state index >= 15 is 0 Å². The first kappa shape index (κ1) is 22.4. The van der Waals surface area contributed by atoms with Crippen LogP contribution in [0, 0.1) is 0 Å². The van der Waals surface area contributed by atoms with Gasteiger partial charge < -0.3 is 5.32 Å². The number of hydrogen-bond acceptors (Lipinski definition) is 5. The van der Waals surface area contributed by atoms with Gasteiger partial charge in [0.25, 0.3) is 10.0 Å². The summed E-state index contributed by atoms with van der Waals surface area (Å²) in [6.07, 6.45) is -2.92. The molecular weight excluding hydrogens is 443 g/mol. The molecule has 0 amide bonds. The van der Waals surface area contributed by atoms with E-state index in [4.69, 9.17) is 0 Å². The van der Waals surface area contributed by atoms with Gasteiger partial charge in [-0.05, 0) is 49.2 Å². The summed E-state index contributed by atoms with van der Waals surface area (Å²) in [4.78, 5) is -0.232. The van der Waals surface area contributed by atoms with E-state index in [0.717, 1.165) is 25.0 Å². The third-order valence-electron chi connectivity index (χ3n) is 4.49. The Morgan fingerprint density at radius 3 is 1.93 bits per heavy atom. The first-order valence-electron chi connectivity index (χ1n) is 9.02. The minimum Gasteiger partial charge on any atom is -0.375 e. The minimum absolute atomic E-state index is 0.0180. The number of rotatable bonds is 7. The van der Waals surface area contributed by atoms with Crippen molar-refractivity contribution in [3.63, 3.8) is 0 Å². The van der Waals surface area contributed by atoms with E-state index in [1.807, 2.05) is 0 Å². The highest BCUT2D eigenvalue weighted by molar-refractivity contribution is 7.92. The van der Waals surface area contributed by atoms with Gasteiger partial charge in [-0.2, -0.15) is 17.5 Å². The standard InChI is InChI=1S/C18H20F3N3O4S2/c19-18(20,21)13-22-16-5-1-2-6-17(16)23-29(25,26)14-7-9-15(10-8-14)30(27,28)24-11-3-4-12-24/h1-2,5-10,22-23H,3-4,11-13H2. The maximum atomic E-state index is 12.7. The number of nitrogens with zero attached hydrogens (tertiary/aromatic N) is 1. The maximum Gasteiger partial charge on any atom is 0.405 e. The van der Waals surface area contributed by atoms with Crippen LogP contribution in [0.3, 0.4) is 0 Å². The molecule has 0 spiro atoms. The Morgan fingerprint density at radius 2 is 1.37 bits per heavy atom. The van der Waals surface area contributed by atoms with Crippen LogP contribution in [0.15, 0.2) is 58.3 Å². The van der Waals surface area contributed by atoms with E-state index in [0.29, 0.717) is 13.1 Å². The fraction of sp³-hybridized carbons (Fsp3) is 0.333. The molecule has 0 atom stereocenters. The fourth-order valence-corrected chi connectivity index (χ4v) is 5.59. The highest BCUT2D eigenvalue weighted by Gasteiger charge is 2.28. The van der Waals surface area contributed by atoms with Crippen molar-refractivity contribution in [3.8, 4) is 0 Å². The second-order valence-electron chi connectivity index (χ2n) is 6.70. The van der Waals surface area contributed by atoms with Crippen LogP contribution in [0.5, 0.6) is 0 Å². The Kier molecular flexibility index (Phi) is 6.29. The summed E-state index contributed by atoms with van der Waals surface area (Å²) in [5.74, 6) is 0. The van der Waals surface area contributed by atoms with Crippen LogP contribution < -0.4 is 10.0 Å². The van der Waals surface area contributed by atoms with Gasteiger partial charge in [0.15, 0.2) is 0 Å². The Labute approximate surface area is 173 Å². The molecule has 2 aromatic rings. The minimum atomic E-state index is -4.47. The zero-order valence-corrected chi connectivity index (χ0v) is 17.3. The van der Waals surface area contributed by atoms with E-state index in [2.05, 4.69) is 10.0 Å². The normalized spacial score (nSPS) is 15.8. The van der Waals surface area contributed by atoms with Crippen LogP contribution in [0.1, 0.15) is 12.8 Å². The molecule has 1 heterocycles. The van der Waals surface area contributed by atoms with Crippen molar-refractivity contribution in [1.29, 1.82) is 0 Å². The lowest BCUT2D eigenvalue weighted by Gasteiger charge is -2.17. The third kappa shape index (κ3) is 5.24. The molecule has 1 fully saturated rings. The average molecular weight is 464 g/mol. The Morgan fingerprint density at radius 1 is 0.833 bits per heavy atom. The first-order chi connectivity index (χ1) is 14.0. The van der Waals surface area contributed by atoms with Crippen molar-refractivity contribution in [3.05, 3.63) is 48.5 Å². The van der Waals surface area contributed by atoms with Gasteiger partial charge in [0.05, 0.1) is 21.2 Å². The molecule has 1 aliphatic heterocycles. The molecule has 164 valence electrons. The summed E-state index contributed by atoms with van der Waals surface area (Å²) >= 11 is 0. The molecular formula is C18H20F3N3O4S2. The number of nitrogens with one attached hydrogen (secondary N) is 2. The molecule has 2 N–H and O–H groups in total. The SMILES string of the molecule is O=S(=O)(Nc1ccccc1NCC(F)(F)F)c1ccc(S(=O)(=O)N2CCCC2)cc1. The van der Waals surface area contributed by atoms with Crippen LogP contribution in [0.2, 0.25) is 0 Å². The molecule has 0 radical (unpaired) electrons. The summed E-state index contributed by atoms with van der Waals surface area (Å²) < 4.78 is 91.4. The van der Waals surface area contributed by atoms with Crippen LogP contribution in [-0.2, 0) is 20.0 Å². The number of anilines is 2. The lowest BCUT2D eigenvalue weighted by Crippen LogP contribution is -2.27. The predicted molar refractivity (Wildman–Crippen MR) is 106 cm³/mol. The zero-order valence-electron chi connectivity index (χ0n) is 15.7. The van der Waals surface area contributed by atoms with Gasteiger partial charge in [-0.1, -0.05) is 12.1 Å². The zero-order chi connectivity index (χ0) is 22.0. The average Bonchev–Trinajstić information content (AvgIpc) is 3.22. The number of alkyl halides is 3. The number of benzene rings is 2. The summed E-state index contributed by atoms with van der Waals surface area (Å²) in [5, 5.41) is 2.15. The molecule has 0 unspecified atom stereocenters. The molecule has 0 bridgehead atoms. The van der Waals surface area contributed by atoms with Gasteiger partial charge in [0.1, 0.15) is 6.54 Å². The third-order valence-corrected chi connectivity index (χ3v) is 7.78. The second kappa shape index (κ2) is 8.44. The predicted octanol–water partition coefficient (Wildman–Crippen LogP) is 3.25. The van der Waals surface area contributed by atoms with Gasteiger partial charge in [-0.15, -0.1) is 0 Å². The second-order valence-corrected chi connectivity index (χ2v) is 10.3. The molecule has 1 aliphatic rings. The van der Waals surface area contributed by atoms with Crippen LogP contribution in [0.25, 0.3) is 0 Å². The molecule has 0 saturated carbocycles. The fourth-order valence-electron chi connectivity index (χ4n) is 2.99.